The van der Waals surface area contributed by atoms with Gasteiger partial charge in [0, 0.05) is 12.6 Å². The van der Waals surface area contributed by atoms with Crippen molar-refractivity contribution in [2.45, 2.75) is 25.5 Å². The molecule has 2 atom stereocenters. The maximum atomic E-state index is 5.89. The van der Waals surface area contributed by atoms with E-state index in [4.69, 9.17) is 21.1 Å². The number of ether oxygens (including phenoxy) is 2. The van der Waals surface area contributed by atoms with Gasteiger partial charge in [-0.25, -0.2) is 0 Å². The summed E-state index contributed by atoms with van der Waals surface area (Å²) in [6.45, 7) is 4.37. The summed E-state index contributed by atoms with van der Waals surface area (Å²) in [5.41, 5.74) is 0.933. The van der Waals surface area contributed by atoms with E-state index in [2.05, 4.69) is 22.0 Å². The third kappa shape index (κ3) is 1.83. The molecule has 0 radical (unpaired) electrons. The molecule has 5 nitrogen and oxygen atoms in total. The minimum absolute atomic E-state index is 0.110. The minimum Gasteiger partial charge on any atom is -0.470 e. The van der Waals surface area contributed by atoms with Crippen LogP contribution in [0.5, 0.6) is 5.88 Å². The maximum Gasteiger partial charge on any atom is 0.257 e. The van der Waals surface area contributed by atoms with Gasteiger partial charge in [-0.15, -0.1) is 10.2 Å². The Kier molecular flexibility index (Phi) is 2.80. The van der Waals surface area contributed by atoms with Crippen molar-refractivity contribution in [3.05, 3.63) is 11.2 Å². The second-order valence-corrected chi connectivity index (χ2v) is 4.64. The number of aromatic nitrogens is 2. The number of hydrogen-bond donors (Lipinski definition) is 0. The van der Waals surface area contributed by atoms with Gasteiger partial charge >= 0.3 is 0 Å². The predicted molar refractivity (Wildman–Crippen MR) is 63.7 cm³/mol. The first kappa shape index (κ1) is 11.0. The molecule has 2 aliphatic heterocycles. The fourth-order valence-corrected chi connectivity index (χ4v) is 2.59. The van der Waals surface area contributed by atoms with E-state index in [1.54, 1.807) is 0 Å². The number of anilines is 1. The fourth-order valence-electron chi connectivity index (χ4n) is 2.44. The maximum absolute atomic E-state index is 5.89. The van der Waals surface area contributed by atoms with E-state index in [0.29, 0.717) is 17.6 Å². The number of morpholine rings is 1. The molecule has 92 valence electrons. The molecule has 6 heteroatoms. The van der Waals surface area contributed by atoms with Gasteiger partial charge < -0.3 is 14.4 Å². The summed E-state index contributed by atoms with van der Waals surface area (Å²) >= 11 is 5.89. The van der Waals surface area contributed by atoms with Crippen LogP contribution in [0.3, 0.4) is 0 Å². The van der Waals surface area contributed by atoms with Crippen molar-refractivity contribution >= 4 is 17.3 Å². The highest BCUT2D eigenvalue weighted by molar-refractivity contribution is 6.29. The van der Waals surface area contributed by atoms with Crippen LogP contribution in [0.25, 0.3) is 0 Å². The largest absolute Gasteiger partial charge is 0.470 e. The minimum atomic E-state index is 0.110. The lowest BCUT2D eigenvalue weighted by atomic mass is 10.0. The first-order chi connectivity index (χ1) is 8.29. The first-order valence-electron chi connectivity index (χ1n) is 5.84. The third-order valence-electron chi connectivity index (χ3n) is 3.28. The highest BCUT2D eigenvalue weighted by atomic mass is 35.5. The van der Waals surface area contributed by atoms with Crippen molar-refractivity contribution in [2.24, 2.45) is 0 Å². The summed E-state index contributed by atoms with van der Waals surface area (Å²) in [6.07, 6.45) is 1.03. The SMILES string of the molecule is CCC1Oc2nnc(Cl)cc2N2CCOCC12. The van der Waals surface area contributed by atoms with Gasteiger partial charge in [0.05, 0.1) is 19.3 Å². The third-order valence-corrected chi connectivity index (χ3v) is 3.47. The normalized spacial score (nSPS) is 27.1. The Morgan fingerprint density at radius 2 is 2.41 bits per heavy atom. The van der Waals surface area contributed by atoms with Crippen molar-refractivity contribution in [3.63, 3.8) is 0 Å². The molecule has 0 spiro atoms. The molecule has 1 aromatic heterocycles. The van der Waals surface area contributed by atoms with Crippen LogP contribution in [-0.4, -0.2) is 42.1 Å². The number of halogens is 1. The van der Waals surface area contributed by atoms with Crippen molar-refractivity contribution in [3.8, 4) is 5.88 Å². The van der Waals surface area contributed by atoms with Crippen LogP contribution < -0.4 is 9.64 Å². The van der Waals surface area contributed by atoms with Gasteiger partial charge in [0.2, 0.25) is 0 Å². The second-order valence-electron chi connectivity index (χ2n) is 4.26. The Morgan fingerprint density at radius 3 is 3.24 bits per heavy atom. The van der Waals surface area contributed by atoms with Crippen LogP contribution in [-0.2, 0) is 4.74 Å². The molecule has 0 aromatic carbocycles. The Bertz CT molecular complexity index is 429. The Hall–Kier alpha value is -1.07. The lowest BCUT2D eigenvalue weighted by Crippen LogP contribution is -2.56. The summed E-state index contributed by atoms with van der Waals surface area (Å²) in [5, 5.41) is 8.25. The molecule has 0 aliphatic carbocycles. The van der Waals surface area contributed by atoms with Crippen LogP contribution in [0.15, 0.2) is 6.07 Å². The molecule has 3 heterocycles. The van der Waals surface area contributed by atoms with Gasteiger partial charge in [-0.3, -0.25) is 0 Å². The van der Waals surface area contributed by atoms with Gasteiger partial charge in [0.15, 0.2) is 5.15 Å². The van der Waals surface area contributed by atoms with Crippen LogP contribution in [0.1, 0.15) is 13.3 Å². The van der Waals surface area contributed by atoms with E-state index >= 15 is 0 Å². The molecular weight excluding hydrogens is 242 g/mol. The standard InChI is InChI=1S/C11H14ClN3O2/c1-2-9-8-6-16-4-3-15(8)7-5-10(12)13-14-11(7)17-9/h5,8-9H,2-4,6H2,1H3. The Labute approximate surface area is 105 Å². The molecule has 2 aliphatic rings. The monoisotopic (exact) mass is 255 g/mol. The summed E-state index contributed by atoms with van der Waals surface area (Å²) in [7, 11) is 0. The number of nitrogens with zero attached hydrogens (tertiary/aromatic N) is 3. The quantitative estimate of drug-likeness (QED) is 0.761. The molecule has 0 saturated carbocycles. The lowest BCUT2D eigenvalue weighted by Gasteiger charge is -2.44. The number of fused-ring (bicyclic) bond motifs is 3. The Balaban J connectivity index is 2.02. The van der Waals surface area contributed by atoms with E-state index < -0.39 is 0 Å². The van der Waals surface area contributed by atoms with Crippen LogP contribution in [0.4, 0.5) is 5.69 Å². The van der Waals surface area contributed by atoms with Crippen LogP contribution in [0.2, 0.25) is 5.15 Å². The second kappa shape index (κ2) is 4.31. The molecule has 3 rings (SSSR count). The van der Waals surface area contributed by atoms with E-state index in [1.165, 1.54) is 0 Å². The van der Waals surface area contributed by atoms with Crippen molar-refractivity contribution in [2.75, 3.05) is 24.7 Å². The van der Waals surface area contributed by atoms with E-state index in [9.17, 15) is 0 Å². The topological polar surface area (TPSA) is 47.5 Å². The molecule has 0 N–H and O–H groups in total. The summed E-state index contributed by atoms with van der Waals surface area (Å²) < 4.78 is 11.4. The highest BCUT2D eigenvalue weighted by Gasteiger charge is 2.38. The number of rotatable bonds is 1. The smallest absolute Gasteiger partial charge is 0.257 e. The van der Waals surface area contributed by atoms with Crippen molar-refractivity contribution in [1.82, 2.24) is 10.2 Å². The van der Waals surface area contributed by atoms with Gasteiger partial charge in [0.1, 0.15) is 11.8 Å². The predicted octanol–water partition coefficient (Wildman–Crippen LogP) is 1.51. The zero-order chi connectivity index (χ0) is 11.8. The molecule has 17 heavy (non-hydrogen) atoms. The molecule has 2 unspecified atom stereocenters. The summed E-state index contributed by atoms with van der Waals surface area (Å²) in [4.78, 5) is 2.27. The van der Waals surface area contributed by atoms with Crippen LogP contribution >= 0.6 is 11.6 Å². The van der Waals surface area contributed by atoms with E-state index in [-0.39, 0.29) is 12.1 Å². The van der Waals surface area contributed by atoms with Gasteiger partial charge in [-0.2, -0.15) is 0 Å². The molecule has 0 bridgehead atoms. The number of hydrogen-bond acceptors (Lipinski definition) is 5. The van der Waals surface area contributed by atoms with Gasteiger partial charge in [-0.1, -0.05) is 18.5 Å². The summed E-state index contributed by atoms with van der Waals surface area (Å²) in [6, 6.07) is 2.06. The average molecular weight is 256 g/mol. The highest BCUT2D eigenvalue weighted by Crippen LogP contribution is 2.37. The summed E-state index contributed by atoms with van der Waals surface area (Å²) in [5.74, 6) is 0.583. The molecule has 1 fully saturated rings. The van der Waals surface area contributed by atoms with Crippen molar-refractivity contribution < 1.29 is 9.47 Å². The first-order valence-corrected chi connectivity index (χ1v) is 6.21. The van der Waals surface area contributed by atoms with Crippen LogP contribution in [0, 0.1) is 0 Å². The van der Waals surface area contributed by atoms with E-state index in [0.717, 1.165) is 25.3 Å². The molecular formula is C11H14ClN3O2. The van der Waals surface area contributed by atoms with Gasteiger partial charge in [0.25, 0.3) is 5.88 Å². The van der Waals surface area contributed by atoms with E-state index in [1.807, 2.05) is 6.07 Å². The zero-order valence-corrected chi connectivity index (χ0v) is 10.4. The van der Waals surface area contributed by atoms with Gasteiger partial charge in [-0.05, 0) is 6.42 Å². The average Bonchev–Trinajstić information content (AvgIpc) is 2.38. The van der Waals surface area contributed by atoms with Crippen molar-refractivity contribution in [1.29, 1.82) is 0 Å². The molecule has 1 aromatic rings. The molecule has 0 amide bonds. The molecule has 1 saturated heterocycles. The Morgan fingerprint density at radius 1 is 1.53 bits per heavy atom. The fraction of sp³-hybridized carbons (Fsp3) is 0.636. The zero-order valence-electron chi connectivity index (χ0n) is 9.60. The lowest BCUT2D eigenvalue weighted by molar-refractivity contribution is 0.0327.